The van der Waals surface area contributed by atoms with E-state index in [1.165, 1.54) is 12.1 Å². The molecule has 0 saturated carbocycles. The minimum atomic E-state index is -0.700. The maximum atomic E-state index is 12.5. The van der Waals surface area contributed by atoms with Crippen LogP contribution in [-0.2, 0) is 9.59 Å². The van der Waals surface area contributed by atoms with Gasteiger partial charge in [-0.2, -0.15) is 0 Å². The Morgan fingerprint density at radius 3 is 2.48 bits per heavy atom. The van der Waals surface area contributed by atoms with Crippen LogP contribution in [0.4, 0.5) is 10.5 Å². The van der Waals surface area contributed by atoms with Crippen molar-refractivity contribution < 1.29 is 23.9 Å². The standard InChI is InChI=1S/C20H17N3O5S/c1-28-13-8-6-12(7-9-13)10-16-19(26)23(20(27)29-16)11-17(24)22-15-5-3-2-4-14(15)18(21)25/h2-10H,11H2,1H3,(H2,21,25)(H,22,24)/b16-10+. The summed E-state index contributed by atoms with van der Waals surface area (Å²) < 4.78 is 5.08. The molecule has 0 aliphatic carbocycles. The van der Waals surface area contributed by atoms with Crippen molar-refractivity contribution in [1.82, 2.24) is 4.90 Å². The van der Waals surface area contributed by atoms with Crippen molar-refractivity contribution in [3.63, 3.8) is 0 Å². The largest absolute Gasteiger partial charge is 0.497 e. The summed E-state index contributed by atoms with van der Waals surface area (Å²) in [5.41, 5.74) is 6.35. The van der Waals surface area contributed by atoms with Gasteiger partial charge in [0.1, 0.15) is 12.3 Å². The third-order valence-corrected chi connectivity index (χ3v) is 4.96. The van der Waals surface area contributed by atoms with E-state index in [1.807, 2.05) is 0 Å². The number of anilines is 1. The number of imide groups is 1. The normalized spacial score (nSPS) is 14.9. The van der Waals surface area contributed by atoms with Gasteiger partial charge in [-0.3, -0.25) is 24.1 Å². The first kappa shape index (κ1) is 20.2. The van der Waals surface area contributed by atoms with Crippen LogP contribution in [0, 0.1) is 0 Å². The first-order valence-corrected chi connectivity index (χ1v) is 9.29. The van der Waals surface area contributed by atoms with Gasteiger partial charge < -0.3 is 15.8 Å². The Bertz CT molecular complexity index is 1020. The van der Waals surface area contributed by atoms with E-state index in [9.17, 15) is 19.2 Å². The molecule has 8 nitrogen and oxygen atoms in total. The molecule has 0 unspecified atom stereocenters. The molecular weight excluding hydrogens is 394 g/mol. The summed E-state index contributed by atoms with van der Waals surface area (Å²) in [4.78, 5) is 49.6. The summed E-state index contributed by atoms with van der Waals surface area (Å²) in [6, 6.07) is 13.2. The molecule has 1 saturated heterocycles. The molecule has 1 aliphatic rings. The van der Waals surface area contributed by atoms with E-state index in [2.05, 4.69) is 5.32 Å². The third kappa shape index (κ3) is 4.64. The van der Waals surface area contributed by atoms with Crippen LogP contribution in [-0.4, -0.2) is 41.5 Å². The van der Waals surface area contributed by atoms with Crippen LogP contribution in [0.5, 0.6) is 5.75 Å². The minimum absolute atomic E-state index is 0.134. The maximum Gasteiger partial charge on any atom is 0.294 e. The van der Waals surface area contributed by atoms with Crippen molar-refractivity contribution in [2.24, 2.45) is 5.73 Å². The molecule has 0 atom stereocenters. The Hall–Kier alpha value is -3.59. The molecule has 1 aliphatic heterocycles. The highest BCUT2D eigenvalue weighted by Crippen LogP contribution is 2.32. The van der Waals surface area contributed by atoms with Crippen molar-refractivity contribution in [1.29, 1.82) is 0 Å². The number of carbonyl (C=O) groups is 4. The van der Waals surface area contributed by atoms with Crippen LogP contribution >= 0.6 is 11.8 Å². The summed E-state index contributed by atoms with van der Waals surface area (Å²) in [7, 11) is 1.55. The van der Waals surface area contributed by atoms with Crippen LogP contribution in [0.15, 0.2) is 53.4 Å². The maximum absolute atomic E-state index is 12.5. The molecule has 0 aromatic heterocycles. The van der Waals surface area contributed by atoms with Gasteiger partial charge in [0.25, 0.3) is 17.1 Å². The molecule has 3 N–H and O–H groups in total. The summed E-state index contributed by atoms with van der Waals surface area (Å²) >= 11 is 0.756. The molecule has 1 fully saturated rings. The quantitative estimate of drug-likeness (QED) is 0.705. The number of nitrogens with one attached hydrogen (secondary N) is 1. The second kappa shape index (κ2) is 8.61. The second-order valence-electron chi connectivity index (χ2n) is 6.00. The topological polar surface area (TPSA) is 119 Å². The first-order chi connectivity index (χ1) is 13.9. The molecule has 0 spiro atoms. The lowest BCUT2D eigenvalue weighted by Crippen LogP contribution is -2.36. The van der Waals surface area contributed by atoms with Gasteiger partial charge in [-0.05, 0) is 47.7 Å². The average Bonchev–Trinajstić information content (AvgIpc) is 2.96. The summed E-state index contributed by atoms with van der Waals surface area (Å²) in [5.74, 6) is -1.21. The van der Waals surface area contributed by atoms with Crippen LogP contribution in [0.2, 0.25) is 0 Å². The summed E-state index contributed by atoms with van der Waals surface area (Å²) in [5, 5.41) is 1.96. The molecular formula is C20H17N3O5S. The molecule has 4 amide bonds. The number of amides is 4. The molecule has 9 heteroatoms. The Morgan fingerprint density at radius 2 is 1.83 bits per heavy atom. The Kier molecular flexibility index (Phi) is 5.99. The zero-order chi connectivity index (χ0) is 21.0. The van der Waals surface area contributed by atoms with Crippen molar-refractivity contribution in [2.75, 3.05) is 19.0 Å². The lowest BCUT2D eigenvalue weighted by atomic mass is 10.1. The van der Waals surface area contributed by atoms with E-state index in [4.69, 9.17) is 10.5 Å². The molecule has 0 bridgehead atoms. The number of carbonyl (C=O) groups excluding carboxylic acids is 4. The van der Waals surface area contributed by atoms with Gasteiger partial charge in [0.05, 0.1) is 23.3 Å². The van der Waals surface area contributed by atoms with E-state index >= 15 is 0 Å². The number of nitrogens with zero attached hydrogens (tertiary/aromatic N) is 1. The van der Waals surface area contributed by atoms with Crippen molar-refractivity contribution in [3.8, 4) is 5.75 Å². The predicted octanol–water partition coefficient (Wildman–Crippen LogP) is 2.47. The SMILES string of the molecule is COc1ccc(/C=C2/SC(=O)N(CC(=O)Nc3ccccc3C(N)=O)C2=O)cc1. The number of methoxy groups -OCH3 is 1. The zero-order valence-electron chi connectivity index (χ0n) is 15.4. The van der Waals surface area contributed by atoms with E-state index in [-0.39, 0.29) is 16.2 Å². The number of para-hydroxylation sites is 1. The average molecular weight is 411 g/mol. The monoisotopic (exact) mass is 411 g/mol. The molecule has 0 radical (unpaired) electrons. The third-order valence-electron chi connectivity index (χ3n) is 4.06. The fourth-order valence-electron chi connectivity index (χ4n) is 2.63. The molecule has 29 heavy (non-hydrogen) atoms. The lowest BCUT2D eigenvalue weighted by Gasteiger charge is -2.13. The number of benzene rings is 2. The van der Waals surface area contributed by atoms with Crippen LogP contribution in [0.1, 0.15) is 15.9 Å². The van der Waals surface area contributed by atoms with Crippen LogP contribution in [0.25, 0.3) is 6.08 Å². The number of hydrogen-bond acceptors (Lipinski definition) is 6. The zero-order valence-corrected chi connectivity index (χ0v) is 16.2. The van der Waals surface area contributed by atoms with Crippen molar-refractivity contribution in [2.45, 2.75) is 0 Å². The van der Waals surface area contributed by atoms with Gasteiger partial charge in [-0.25, -0.2) is 0 Å². The smallest absolute Gasteiger partial charge is 0.294 e. The fourth-order valence-corrected chi connectivity index (χ4v) is 3.47. The predicted molar refractivity (Wildman–Crippen MR) is 109 cm³/mol. The number of hydrogen-bond donors (Lipinski definition) is 2. The highest BCUT2D eigenvalue weighted by Gasteiger charge is 2.36. The van der Waals surface area contributed by atoms with Gasteiger partial charge in [0.15, 0.2) is 0 Å². The first-order valence-electron chi connectivity index (χ1n) is 8.47. The summed E-state index contributed by atoms with van der Waals surface area (Å²) in [6.45, 7) is -0.474. The van der Waals surface area contributed by atoms with Gasteiger partial charge in [0.2, 0.25) is 5.91 Å². The van der Waals surface area contributed by atoms with Gasteiger partial charge in [-0.1, -0.05) is 24.3 Å². The number of ether oxygens (including phenoxy) is 1. The van der Waals surface area contributed by atoms with Gasteiger partial charge in [-0.15, -0.1) is 0 Å². The number of nitrogens with two attached hydrogens (primary N) is 1. The van der Waals surface area contributed by atoms with E-state index in [0.29, 0.717) is 5.75 Å². The Balaban J connectivity index is 1.70. The Morgan fingerprint density at radius 1 is 1.14 bits per heavy atom. The van der Waals surface area contributed by atoms with E-state index < -0.39 is 29.5 Å². The highest BCUT2D eigenvalue weighted by molar-refractivity contribution is 8.18. The fraction of sp³-hybridized carbons (Fsp3) is 0.100. The van der Waals surface area contributed by atoms with Crippen LogP contribution < -0.4 is 15.8 Å². The van der Waals surface area contributed by atoms with Gasteiger partial charge >= 0.3 is 0 Å². The van der Waals surface area contributed by atoms with Crippen molar-refractivity contribution in [3.05, 3.63) is 64.6 Å². The number of rotatable bonds is 6. The summed E-state index contributed by atoms with van der Waals surface area (Å²) in [6.07, 6.45) is 1.57. The highest BCUT2D eigenvalue weighted by atomic mass is 32.2. The number of primary amides is 1. The Labute approximate surface area is 170 Å². The number of thioether (sulfide) groups is 1. The molecule has 148 valence electrons. The molecule has 3 rings (SSSR count). The van der Waals surface area contributed by atoms with Crippen LogP contribution in [0.3, 0.4) is 0 Å². The molecule has 2 aromatic rings. The van der Waals surface area contributed by atoms with E-state index in [0.717, 1.165) is 22.2 Å². The molecule has 2 aromatic carbocycles. The molecule has 1 heterocycles. The van der Waals surface area contributed by atoms with Gasteiger partial charge in [0, 0.05) is 0 Å². The minimum Gasteiger partial charge on any atom is -0.497 e. The lowest BCUT2D eigenvalue weighted by molar-refractivity contribution is -0.127. The second-order valence-corrected chi connectivity index (χ2v) is 6.99. The van der Waals surface area contributed by atoms with E-state index in [1.54, 1.807) is 49.6 Å². The van der Waals surface area contributed by atoms with Crippen molar-refractivity contribution >= 4 is 46.5 Å².